The van der Waals surface area contributed by atoms with E-state index < -0.39 is 29.8 Å². The number of rotatable bonds is 4. The van der Waals surface area contributed by atoms with Gasteiger partial charge in [-0.25, -0.2) is 18.6 Å². The van der Waals surface area contributed by atoms with Crippen LogP contribution < -0.4 is 4.90 Å². The van der Waals surface area contributed by atoms with E-state index in [4.69, 9.17) is 4.42 Å². The molecule has 2 aromatic heterocycles. The van der Waals surface area contributed by atoms with Crippen LogP contribution in [0, 0.1) is 18.8 Å². The van der Waals surface area contributed by atoms with Crippen molar-refractivity contribution in [1.29, 1.82) is 0 Å². The number of anilines is 1. The van der Waals surface area contributed by atoms with E-state index >= 15 is 0 Å². The van der Waals surface area contributed by atoms with Crippen molar-refractivity contribution >= 4 is 11.8 Å². The second-order valence-electron chi connectivity index (χ2n) is 6.73. The Balaban J connectivity index is 1.51. The summed E-state index contributed by atoms with van der Waals surface area (Å²) in [5.74, 6) is -3.48. The Morgan fingerprint density at radius 1 is 1.35 bits per heavy atom. The van der Waals surface area contributed by atoms with E-state index in [-0.39, 0.29) is 11.5 Å². The number of aromatic nitrogens is 1. The minimum absolute atomic E-state index is 0.000928. The van der Waals surface area contributed by atoms with Gasteiger partial charge < -0.3 is 19.2 Å². The lowest BCUT2D eigenvalue weighted by atomic mass is 10.1. The Hall–Kier alpha value is -2.48. The lowest BCUT2D eigenvalue weighted by Gasteiger charge is -2.22. The fourth-order valence-corrected chi connectivity index (χ4v) is 3.58. The monoisotopic (exact) mass is 364 g/mol. The maximum absolute atomic E-state index is 13.3. The van der Waals surface area contributed by atoms with Crippen molar-refractivity contribution in [1.82, 2.24) is 4.98 Å². The number of halogens is 2. The van der Waals surface area contributed by atoms with Gasteiger partial charge in [-0.2, -0.15) is 0 Å². The average Bonchev–Trinajstić information content (AvgIpc) is 3.10. The van der Waals surface area contributed by atoms with Gasteiger partial charge in [-0.1, -0.05) is 6.07 Å². The molecule has 1 saturated carbocycles. The topological polar surface area (TPSA) is 75.8 Å². The van der Waals surface area contributed by atoms with E-state index in [1.165, 1.54) is 19.2 Å². The largest absolute Gasteiger partial charge is 0.463 e. The molecular weight excluding hydrogens is 346 g/mol. The number of piperidine rings is 1. The molecule has 3 heterocycles. The van der Waals surface area contributed by atoms with E-state index in [1.54, 1.807) is 19.1 Å². The van der Waals surface area contributed by atoms with Crippen LogP contribution in [-0.2, 0) is 4.74 Å². The molecule has 2 fully saturated rings. The van der Waals surface area contributed by atoms with Gasteiger partial charge in [0.1, 0.15) is 17.7 Å². The highest BCUT2D eigenvalue weighted by Crippen LogP contribution is 2.59. The van der Waals surface area contributed by atoms with Gasteiger partial charge in [0.15, 0.2) is 0 Å². The van der Waals surface area contributed by atoms with Gasteiger partial charge in [0.25, 0.3) is 5.92 Å². The van der Waals surface area contributed by atoms with Gasteiger partial charge >= 0.3 is 5.97 Å². The normalized spacial score (nSPS) is 24.3. The van der Waals surface area contributed by atoms with Gasteiger partial charge in [0, 0.05) is 24.3 Å². The van der Waals surface area contributed by atoms with Gasteiger partial charge in [0.2, 0.25) is 5.76 Å². The number of aliphatic hydroxyl groups is 1. The van der Waals surface area contributed by atoms with Gasteiger partial charge in [-0.3, -0.25) is 0 Å². The predicted molar refractivity (Wildman–Crippen MR) is 87.2 cm³/mol. The third kappa shape index (κ3) is 2.56. The first-order valence-electron chi connectivity index (χ1n) is 8.29. The van der Waals surface area contributed by atoms with Crippen LogP contribution in [0.2, 0.25) is 0 Å². The summed E-state index contributed by atoms with van der Waals surface area (Å²) in [6.07, 6.45) is -1.09. The van der Waals surface area contributed by atoms with Crippen LogP contribution in [0.4, 0.5) is 14.6 Å². The van der Waals surface area contributed by atoms with Gasteiger partial charge in [0.05, 0.1) is 18.9 Å². The number of nitrogens with zero attached hydrogens (tertiary/aromatic N) is 2. The summed E-state index contributed by atoms with van der Waals surface area (Å²) in [6, 6.07) is 6.34. The molecule has 26 heavy (non-hydrogen) atoms. The van der Waals surface area contributed by atoms with Crippen molar-refractivity contribution in [3.8, 4) is 0 Å². The van der Waals surface area contributed by atoms with E-state index in [9.17, 15) is 18.7 Å². The first-order chi connectivity index (χ1) is 12.3. The van der Waals surface area contributed by atoms with Crippen LogP contribution in [0.25, 0.3) is 0 Å². The molecule has 138 valence electrons. The summed E-state index contributed by atoms with van der Waals surface area (Å²) in [5, 5.41) is 10.5. The van der Waals surface area contributed by atoms with E-state index in [2.05, 4.69) is 9.72 Å². The highest BCUT2D eigenvalue weighted by molar-refractivity contribution is 5.86. The number of methoxy groups -OCH3 is 1. The lowest BCUT2D eigenvalue weighted by molar-refractivity contribution is 0.0558. The SMILES string of the molecule is COC(=O)c1ccc(C(O)c2ccc(N3CC4C(C3)C4(F)F)nc2C)o1. The van der Waals surface area contributed by atoms with Crippen molar-refractivity contribution in [3.05, 3.63) is 47.0 Å². The van der Waals surface area contributed by atoms with Crippen molar-refractivity contribution in [2.45, 2.75) is 19.0 Å². The Morgan fingerprint density at radius 3 is 2.65 bits per heavy atom. The number of hydrogen-bond donors (Lipinski definition) is 1. The van der Waals surface area contributed by atoms with Crippen LogP contribution in [0.5, 0.6) is 0 Å². The molecule has 6 nitrogen and oxygen atoms in total. The quantitative estimate of drug-likeness (QED) is 0.841. The molecule has 1 saturated heterocycles. The molecule has 3 atom stereocenters. The highest BCUT2D eigenvalue weighted by Gasteiger charge is 2.71. The molecule has 1 N–H and O–H groups in total. The molecule has 0 radical (unpaired) electrons. The number of esters is 1. The number of carbonyl (C=O) groups excluding carboxylic acids is 1. The van der Waals surface area contributed by atoms with Crippen LogP contribution in [0.3, 0.4) is 0 Å². The molecule has 0 bridgehead atoms. The minimum Gasteiger partial charge on any atom is -0.463 e. The molecule has 4 rings (SSSR count). The molecule has 0 amide bonds. The Morgan fingerprint density at radius 2 is 2.04 bits per heavy atom. The summed E-state index contributed by atoms with van der Waals surface area (Å²) < 4.78 is 36.6. The van der Waals surface area contributed by atoms with Crippen LogP contribution in [-0.4, -0.2) is 42.2 Å². The standard InChI is InChI=1S/C18H18F2N2O4/c1-9-10(16(23)13-4-5-14(26-13)17(24)25-2)3-6-15(21-9)22-7-11-12(8-22)18(11,19)20/h3-6,11-12,16,23H,7-8H2,1-2H3. The molecule has 8 heteroatoms. The highest BCUT2D eigenvalue weighted by atomic mass is 19.3. The number of hydrogen-bond acceptors (Lipinski definition) is 6. The van der Waals surface area contributed by atoms with Gasteiger partial charge in [-0.05, 0) is 25.1 Å². The first-order valence-corrected chi connectivity index (χ1v) is 8.29. The second kappa shape index (κ2) is 5.77. The molecule has 1 aliphatic carbocycles. The molecule has 2 aliphatic rings. The molecule has 3 unspecified atom stereocenters. The molecule has 0 spiro atoms. The number of aliphatic hydroxyl groups excluding tert-OH is 1. The Bertz CT molecular complexity index is 853. The summed E-state index contributed by atoms with van der Waals surface area (Å²) >= 11 is 0. The van der Waals surface area contributed by atoms with Crippen molar-refractivity contribution in [3.63, 3.8) is 0 Å². The fraction of sp³-hybridized carbons (Fsp3) is 0.444. The molecule has 0 aromatic carbocycles. The number of fused-ring (bicyclic) bond motifs is 1. The fourth-order valence-electron chi connectivity index (χ4n) is 3.58. The Labute approximate surface area is 148 Å². The smallest absolute Gasteiger partial charge is 0.373 e. The van der Waals surface area contributed by atoms with Crippen LogP contribution >= 0.6 is 0 Å². The molecule has 1 aliphatic heterocycles. The number of furan rings is 1. The predicted octanol–water partition coefficient (Wildman–Crippen LogP) is 2.55. The van der Waals surface area contributed by atoms with Crippen molar-refractivity contribution in [2.75, 3.05) is 25.1 Å². The van der Waals surface area contributed by atoms with E-state index in [0.717, 1.165) is 0 Å². The average molecular weight is 364 g/mol. The van der Waals surface area contributed by atoms with E-state index in [1.807, 2.05) is 4.90 Å². The zero-order chi connectivity index (χ0) is 18.6. The third-order valence-electron chi connectivity index (χ3n) is 5.21. The lowest BCUT2D eigenvalue weighted by Crippen LogP contribution is -2.28. The third-order valence-corrected chi connectivity index (χ3v) is 5.21. The summed E-state index contributed by atoms with van der Waals surface area (Å²) in [6.45, 7) is 2.33. The zero-order valence-electron chi connectivity index (χ0n) is 14.3. The number of alkyl halides is 2. The molecular formula is C18H18F2N2O4. The Kier molecular flexibility index (Phi) is 3.76. The number of ether oxygens (including phenoxy) is 1. The number of pyridine rings is 1. The van der Waals surface area contributed by atoms with E-state index in [0.29, 0.717) is 30.2 Å². The zero-order valence-corrected chi connectivity index (χ0v) is 14.3. The minimum atomic E-state index is -2.53. The number of carbonyl (C=O) groups is 1. The summed E-state index contributed by atoms with van der Waals surface area (Å²) in [7, 11) is 1.24. The van der Waals surface area contributed by atoms with Gasteiger partial charge in [-0.15, -0.1) is 0 Å². The maximum Gasteiger partial charge on any atom is 0.373 e. The number of aryl methyl sites for hydroxylation is 1. The van der Waals surface area contributed by atoms with Crippen LogP contribution in [0.15, 0.2) is 28.7 Å². The molecule has 2 aromatic rings. The summed E-state index contributed by atoms with van der Waals surface area (Å²) in [4.78, 5) is 17.7. The van der Waals surface area contributed by atoms with Crippen molar-refractivity contribution < 1.29 is 27.8 Å². The maximum atomic E-state index is 13.3. The first kappa shape index (κ1) is 17.0. The van der Waals surface area contributed by atoms with Crippen molar-refractivity contribution in [2.24, 2.45) is 11.8 Å². The second-order valence-corrected chi connectivity index (χ2v) is 6.73. The van der Waals surface area contributed by atoms with Crippen LogP contribution in [0.1, 0.15) is 33.7 Å². The summed E-state index contributed by atoms with van der Waals surface area (Å²) in [5.41, 5.74) is 1.09.